The van der Waals surface area contributed by atoms with Crippen molar-refractivity contribution in [3.05, 3.63) is 0 Å². The van der Waals surface area contributed by atoms with E-state index in [0.29, 0.717) is 11.8 Å². The van der Waals surface area contributed by atoms with Gasteiger partial charge in [0, 0.05) is 6.04 Å². The van der Waals surface area contributed by atoms with E-state index in [9.17, 15) is 9.59 Å². The molecule has 2 aliphatic carbocycles. The molecule has 0 aliphatic heterocycles. The van der Waals surface area contributed by atoms with Crippen LogP contribution in [0.25, 0.3) is 0 Å². The molecule has 0 aromatic rings. The van der Waals surface area contributed by atoms with Crippen molar-refractivity contribution in [1.29, 1.82) is 0 Å². The average Bonchev–Trinajstić information content (AvgIpc) is 2.84. The fourth-order valence-corrected chi connectivity index (χ4v) is 3.54. The van der Waals surface area contributed by atoms with Crippen LogP contribution in [-0.4, -0.2) is 23.9 Å². The molecule has 5 nitrogen and oxygen atoms in total. The molecule has 5 unspecified atom stereocenters. The highest BCUT2D eigenvalue weighted by Gasteiger charge is 2.49. The number of hydrogen-bond acceptors (Lipinski definition) is 3. The monoisotopic (exact) mass is 253 g/mol. The zero-order valence-electron chi connectivity index (χ0n) is 11.1. The van der Waals surface area contributed by atoms with Crippen LogP contribution in [-0.2, 0) is 9.59 Å². The van der Waals surface area contributed by atoms with Gasteiger partial charge in [0.15, 0.2) is 0 Å². The standard InChI is InChI=1S/C13H23N3O2/c1-6(2)11(12(15)17)16-13(18)9-7-3-4-8(5-7)10(9)14/h6-11H,3-5,14H2,1-2H3,(H2,15,17)(H,16,18). The van der Waals surface area contributed by atoms with E-state index in [1.807, 2.05) is 13.8 Å². The highest BCUT2D eigenvalue weighted by Crippen LogP contribution is 2.47. The lowest BCUT2D eigenvalue weighted by Crippen LogP contribution is -2.53. The van der Waals surface area contributed by atoms with Crippen LogP contribution in [0, 0.1) is 23.7 Å². The van der Waals surface area contributed by atoms with E-state index in [-0.39, 0.29) is 23.8 Å². The second-order valence-electron chi connectivity index (χ2n) is 6.07. The maximum absolute atomic E-state index is 12.3. The minimum atomic E-state index is -0.594. The SMILES string of the molecule is CC(C)C(NC(=O)C1C2CCC(C2)C1N)C(N)=O. The Morgan fingerprint density at radius 3 is 2.28 bits per heavy atom. The Morgan fingerprint density at radius 2 is 1.83 bits per heavy atom. The summed E-state index contributed by atoms with van der Waals surface area (Å²) in [5, 5.41) is 2.78. The molecule has 2 amide bonds. The van der Waals surface area contributed by atoms with Crippen LogP contribution >= 0.6 is 0 Å². The number of amides is 2. The first-order valence-corrected chi connectivity index (χ1v) is 6.77. The van der Waals surface area contributed by atoms with E-state index in [2.05, 4.69) is 5.32 Å². The molecule has 0 aromatic heterocycles. The molecule has 0 saturated heterocycles. The molecule has 0 heterocycles. The summed E-state index contributed by atoms with van der Waals surface area (Å²) in [7, 11) is 0. The third-order valence-electron chi connectivity index (χ3n) is 4.55. The van der Waals surface area contributed by atoms with Gasteiger partial charge in [-0.25, -0.2) is 0 Å². The van der Waals surface area contributed by atoms with Crippen molar-refractivity contribution in [2.75, 3.05) is 0 Å². The van der Waals surface area contributed by atoms with E-state index in [1.165, 1.54) is 0 Å². The number of carbonyl (C=O) groups is 2. The average molecular weight is 253 g/mol. The summed E-state index contributed by atoms with van der Waals surface area (Å²) in [5.41, 5.74) is 11.4. The topological polar surface area (TPSA) is 98.2 Å². The van der Waals surface area contributed by atoms with E-state index in [4.69, 9.17) is 11.5 Å². The lowest BCUT2D eigenvalue weighted by Gasteiger charge is -2.29. The summed E-state index contributed by atoms with van der Waals surface area (Å²) < 4.78 is 0. The zero-order valence-corrected chi connectivity index (χ0v) is 11.1. The van der Waals surface area contributed by atoms with Crippen molar-refractivity contribution in [3.63, 3.8) is 0 Å². The van der Waals surface area contributed by atoms with E-state index in [1.54, 1.807) is 0 Å². The van der Waals surface area contributed by atoms with Crippen LogP contribution in [0.1, 0.15) is 33.1 Å². The first-order chi connectivity index (χ1) is 8.41. The largest absolute Gasteiger partial charge is 0.368 e. The van der Waals surface area contributed by atoms with E-state index in [0.717, 1.165) is 19.3 Å². The molecular weight excluding hydrogens is 230 g/mol. The molecule has 5 atom stereocenters. The van der Waals surface area contributed by atoms with Crippen molar-refractivity contribution in [1.82, 2.24) is 5.32 Å². The maximum atomic E-state index is 12.3. The molecule has 5 N–H and O–H groups in total. The number of carbonyl (C=O) groups excluding carboxylic acids is 2. The normalized spacial score (nSPS) is 35.8. The third-order valence-corrected chi connectivity index (χ3v) is 4.55. The molecule has 0 aromatic carbocycles. The van der Waals surface area contributed by atoms with E-state index < -0.39 is 11.9 Å². The molecule has 0 radical (unpaired) electrons. The lowest BCUT2D eigenvalue weighted by molar-refractivity contribution is -0.132. The molecule has 102 valence electrons. The fourth-order valence-electron chi connectivity index (χ4n) is 3.54. The second kappa shape index (κ2) is 4.88. The number of nitrogens with one attached hydrogen (secondary N) is 1. The minimum Gasteiger partial charge on any atom is -0.368 e. The number of fused-ring (bicyclic) bond motifs is 2. The highest BCUT2D eigenvalue weighted by atomic mass is 16.2. The summed E-state index contributed by atoms with van der Waals surface area (Å²) >= 11 is 0. The van der Waals surface area contributed by atoms with Crippen LogP contribution in [0.5, 0.6) is 0 Å². The predicted molar refractivity (Wildman–Crippen MR) is 68.3 cm³/mol. The summed E-state index contributed by atoms with van der Waals surface area (Å²) in [6.07, 6.45) is 3.28. The summed E-state index contributed by atoms with van der Waals surface area (Å²) in [5.74, 6) is 0.176. The second-order valence-corrected chi connectivity index (χ2v) is 6.07. The first-order valence-electron chi connectivity index (χ1n) is 6.77. The number of nitrogens with two attached hydrogens (primary N) is 2. The minimum absolute atomic E-state index is 0.00117. The summed E-state index contributed by atoms with van der Waals surface area (Å²) in [6.45, 7) is 3.74. The van der Waals surface area contributed by atoms with Gasteiger partial charge in [0.25, 0.3) is 0 Å². The predicted octanol–water partition coefficient (Wildman–Crippen LogP) is -0.0141. The molecule has 0 spiro atoms. The highest BCUT2D eigenvalue weighted by molar-refractivity contribution is 5.88. The van der Waals surface area contributed by atoms with Crippen molar-refractivity contribution < 1.29 is 9.59 Å². The zero-order chi connectivity index (χ0) is 13.4. The fraction of sp³-hybridized carbons (Fsp3) is 0.846. The van der Waals surface area contributed by atoms with Gasteiger partial charge in [-0.1, -0.05) is 13.8 Å². The van der Waals surface area contributed by atoms with Crippen LogP contribution in [0.3, 0.4) is 0 Å². The van der Waals surface area contributed by atoms with Crippen molar-refractivity contribution in [2.45, 2.75) is 45.2 Å². The third kappa shape index (κ3) is 2.23. The maximum Gasteiger partial charge on any atom is 0.240 e. The lowest BCUT2D eigenvalue weighted by atomic mass is 9.84. The molecule has 2 rings (SSSR count). The summed E-state index contributed by atoms with van der Waals surface area (Å²) in [4.78, 5) is 23.6. The molecule has 2 saturated carbocycles. The number of hydrogen-bond donors (Lipinski definition) is 3. The van der Waals surface area contributed by atoms with Crippen LogP contribution < -0.4 is 16.8 Å². The smallest absolute Gasteiger partial charge is 0.240 e. The molecule has 18 heavy (non-hydrogen) atoms. The molecule has 2 bridgehead atoms. The van der Waals surface area contributed by atoms with Gasteiger partial charge in [-0.2, -0.15) is 0 Å². The van der Waals surface area contributed by atoms with Gasteiger partial charge in [0.1, 0.15) is 6.04 Å². The Labute approximate surface area is 108 Å². The number of rotatable bonds is 4. The quantitative estimate of drug-likeness (QED) is 0.657. The van der Waals surface area contributed by atoms with Crippen LogP contribution in [0.4, 0.5) is 0 Å². The van der Waals surface area contributed by atoms with Crippen molar-refractivity contribution >= 4 is 11.8 Å². The molecule has 2 aliphatic rings. The van der Waals surface area contributed by atoms with Gasteiger partial charge in [-0.15, -0.1) is 0 Å². The Morgan fingerprint density at radius 1 is 1.22 bits per heavy atom. The summed E-state index contributed by atoms with van der Waals surface area (Å²) in [6, 6.07) is -0.645. The van der Waals surface area contributed by atoms with Gasteiger partial charge in [-0.05, 0) is 37.0 Å². The Kier molecular flexibility index (Phi) is 3.61. The number of primary amides is 1. The van der Waals surface area contributed by atoms with Crippen LogP contribution in [0.15, 0.2) is 0 Å². The molecular formula is C13H23N3O2. The van der Waals surface area contributed by atoms with E-state index >= 15 is 0 Å². The first kappa shape index (κ1) is 13.3. The van der Waals surface area contributed by atoms with Gasteiger partial charge >= 0.3 is 0 Å². The van der Waals surface area contributed by atoms with Gasteiger partial charge in [0.05, 0.1) is 5.92 Å². The Bertz CT molecular complexity index is 354. The van der Waals surface area contributed by atoms with Gasteiger partial charge < -0.3 is 16.8 Å². The molecule has 2 fully saturated rings. The Balaban J connectivity index is 2.01. The van der Waals surface area contributed by atoms with Gasteiger partial charge in [-0.3, -0.25) is 9.59 Å². The van der Waals surface area contributed by atoms with Crippen molar-refractivity contribution in [2.24, 2.45) is 35.1 Å². The molecule has 5 heteroatoms. The van der Waals surface area contributed by atoms with Crippen LogP contribution in [0.2, 0.25) is 0 Å². The van der Waals surface area contributed by atoms with Gasteiger partial charge in [0.2, 0.25) is 11.8 Å². The van der Waals surface area contributed by atoms with Crippen molar-refractivity contribution in [3.8, 4) is 0 Å². The Hall–Kier alpha value is -1.10.